The van der Waals surface area contributed by atoms with Gasteiger partial charge in [0.05, 0.1) is 5.69 Å². The topological polar surface area (TPSA) is 63.8 Å². The van der Waals surface area contributed by atoms with Crippen LogP contribution in [0.25, 0.3) is 0 Å². The molecule has 1 aromatic heterocycles. The second-order valence-corrected chi connectivity index (χ2v) is 4.26. The Labute approximate surface area is 82.9 Å². The zero-order valence-corrected chi connectivity index (χ0v) is 8.03. The molecule has 0 amide bonds. The van der Waals surface area contributed by atoms with Gasteiger partial charge in [0.1, 0.15) is 0 Å². The highest BCUT2D eigenvalue weighted by molar-refractivity contribution is 5.42. The largest absolute Gasteiger partial charge is 0.307 e. The standard InChI is InChI=1S/C10H14N4/c11-12-9-5-8-6-1-3-7(4-2-6)10(8)14-13-9/h5-7H,1-4,11H2,(H,12,13). The SMILES string of the molecule is NNc1cc2c(nn1)C1CCC2CC1. The van der Waals surface area contributed by atoms with Crippen LogP contribution in [-0.4, -0.2) is 10.2 Å². The average Bonchev–Trinajstić information content (AvgIpc) is 2.30. The number of nitrogens with two attached hydrogens (primary N) is 1. The summed E-state index contributed by atoms with van der Waals surface area (Å²) in [6.45, 7) is 0. The molecule has 0 aliphatic heterocycles. The lowest BCUT2D eigenvalue weighted by atomic mass is 9.69. The van der Waals surface area contributed by atoms with Crippen LogP contribution in [0.15, 0.2) is 6.07 Å². The summed E-state index contributed by atoms with van der Waals surface area (Å²) in [6, 6.07) is 2.07. The van der Waals surface area contributed by atoms with Gasteiger partial charge in [0, 0.05) is 5.92 Å². The van der Waals surface area contributed by atoms with Crippen molar-refractivity contribution in [3.63, 3.8) is 0 Å². The van der Waals surface area contributed by atoms with Crippen LogP contribution in [0.2, 0.25) is 0 Å². The first-order valence-corrected chi connectivity index (χ1v) is 5.22. The Bertz CT molecular complexity index is 355. The van der Waals surface area contributed by atoms with Crippen LogP contribution >= 0.6 is 0 Å². The summed E-state index contributed by atoms with van der Waals surface area (Å²) in [5.41, 5.74) is 5.18. The van der Waals surface area contributed by atoms with E-state index in [0.29, 0.717) is 17.7 Å². The Kier molecular flexibility index (Phi) is 1.70. The third kappa shape index (κ3) is 1.04. The number of hydrogen-bond donors (Lipinski definition) is 2. The van der Waals surface area contributed by atoms with E-state index in [2.05, 4.69) is 21.7 Å². The molecular formula is C10H14N4. The van der Waals surface area contributed by atoms with Crippen LogP contribution in [0.1, 0.15) is 48.8 Å². The van der Waals surface area contributed by atoms with Crippen LogP contribution in [0, 0.1) is 0 Å². The molecule has 0 aromatic carbocycles. The summed E-state index contributed by atoms with van der Waals surface area (Å²) in [7, 11) is 0. The molecule has 2 bridgehead atoms. The van der Waals surface area contributed by atoms with E-state index in [1.165, 1.54) is 36.9 Å². The number of nitrogen functional groups attached to an aromatic ring is 1. The van der Waals surface area contributed by atoms with Crippen LogP contribution in [0.3, 0.4) is 0 Å². The summed E-state index contributed by atoms with van der Waals surface area (Å²) >= 11 is 0. The normalized spacial score (nSPS) is 28.6. The van der Waals surface area contributed by atoms with E-state index in [1.807, 2.05) is 0 Å². The van der Waals surface area contributed by atoms with E-state index >= 15 is 0 Å². The first-order chi connectivity index (χ1) is 6.88. The number of anilines is 1. The first-order valence-electron chi connectivity index (χ1n) is 5.22. The number of nitrogens with one attached hydrogen (secondary N) is 1. The van der Waals surface area contributed by atoms with Gasteiger partial charge in [-0.25, -0.2) is 5.84 Å². The Morgan fingerprint density at radius 1 is 1.14 bits per heavy atom. The second-order valence-electron chi connectivity index (χ2n) is 4.26. The molecule has 1 fully saturated rings. The number of aromatic nitrogens is 2. The van der Waals surface area contributed by atoms with Crippen molar-refractivity contribution >= 4 is 5.82 Å². The van der Waals surface area contributed by atoms with Crippen molar-refractivity contribution in [2.24, 2.45) is 5.84 Å². The quantitative estimate of drug-likeness (QED) is 0.520. The molecule has 0 saturated heterocycles. The molecule has 4 nitrogen and oxygen atoms in total. The molecule has 14 heavy (non-hydrogen) atoms. The highest BCUT2D eigenvalue weighted by atomic mass is 15.3. The molecule has 74 valence electrons. The van der Waals surface area contributed by atoms with E-state index in [9.17, 15) is 0 Å². The summed E-state index contributed by atoms with van der Waals surface area (Å²) in [5.74, 6) is 7.39. The summed E-state index contributed by atoms with van der Waals surface area (Å²) in [6.07, 6.45) is 5.21. The first kappa shape index (κ1) is 8.17. The molecule has 4 heteroatoms. The van der Waals surface area contributed by atoms with E-state index in [0.717, 1.165) is 0 Å². The molecular weight excluding hydrogens is 176 g/mol. The van der Waals surface area contributed by atoms with Crippen molar-refractivity contribution in [1.82, 2.24) is 10.2 Å². The number of rotatable bonds is 1. The summed E-state index contributed by atoms with van der Waals surface area (Å²) < 4.78 is 0. The fourth-order valence-corrected chi connectivity index (χ4v) is 2.81. The van der Waals surface area contributed by atoms with Gasteiger partial charge in [-0.1, -0.05) is 0 Å². The Hall–Kier alpha value is -1.16. The monoisotopic (exact) mass is 190 g/mol. The summed E-state index contributed by atoms with van der Waals surface area (Å²) in [5, 5.41) is 8.32. The number of fused-ring (bicyclic) bond motifs is 2. The predicted molar refractivity (Wildman–Crippen MR) is 53.8 cm³/mol. The highest BCUT2D eigenvalue weighted by Crippen LogP contribution is 2.48. The maximum atomic E-state index is 5.33. The maximum absolute atomic E-state index is 5.33. The smallest absolute Gasteiger partial charge is 0.162 e. The van der Waals surface area contributed by atoms with E-state index in [4.69, 9.17) is 5.84 Å². The van der Waals surface area contributed by atoms with Gasteiger partial charge in [-0.05, 0) is 43.2 Å². The number of nitrogens with zero attached hydrogens (tertiary/aromatic N) is 2. The molecule has 4 rings (SSSR count). The third-order valence-electron chi connectivity index (χ3n) is 3.56. The lowest BCUT2D eigenvalue weighted by molar-refractivity contribution is 0.348. The van der Waals surface area contributed by atoms with Crippen molar-refractivity contribution < 1.29 is 0 Å². The highest BCUT2D eigenvalue weighted by Gasteiger charge is 2.34. The zero-order chi connectivity index (χ0) is 9.54. The molecule has 3 N–H and O–H groups in total. The third-order valence-corrected chi connectivity index (χ3v) is 3.56. The van der Waals surface area contributed by atoms with Crippen molar-refractivity contribution in [3.8, 4) is 0 Å². The van der Waals surface area contributed by atoms with Crippen molar-refractivity contribution in [2.45, 2.75) is 37.5 Å². The zero-order valence-electron chi connectivity index (χ0n) is 8.03. The van der Waals surface area contributed by atoms with Crippen LogP contribution in [0.4, 0.5) is 5.82 Å². The molecule has 0 spiro atoms. The molecule has 3 aliphatic carbocycles. The Morgan fingerprint density at radius 3 is 2.57 bits per heavy atom. The van der Waals surface area contributed by atoms with Gasteiger partial charge in [-0.15, -0.1) is 5.10 Å². The van der Waals surface area contributed by atoms with Crippen LogP contribution < -0.4 is 11.3 Å². The van der Waals surface area contributed by atoms with Gasteiger partial charge < -0.3 is 5.43 Å². The summed E-state index contributed by atoms with van der Waals surface area (Å²) in [4.78, 5) is 0. The minimum absolute atomic E-state index is 0.661. The van der Waals surface area contributed by atoms with Crippen LogP contribution in [0.5, 0.6) is 0 Å². The van der Waals surface area contributed by atoms with Crippen molar-refractivity contribution in [2.75, 3.05) is 5.43 Å². The van der Waals surface area contributed by atoms with Gasteiger partial charge in [0.2, 0.25) is 0 Å². The van der Waals surface area contributed by atoms with E-state index < -0.39 is 0 Å². The number of hydrazine groups is 1. The molecule has 1 aromatic rings. The fraction of sp³-hybridized carbons (Fsp3) is 0.600. The average molecular weight is 190 g/mol. The van der Waals surface area contributed by atoms with Gasteiger partial charge >= 0.3 is 0 Å². The van der Waals surface area contributed by atoms with Gasteiger partial charge in [0.15, 0.2) is 5.82 Å². The fourth-order valence-electron chi connectivity index (χ4n) is 2.81. The molecule has 0 atom stereocenters. The van der Waals surface area contributed by atoms with E-state index in [-0.39, 0.29) is 0 Å². The van der Waals surface area contributed by atoms with Crippen LogP contribution in [-0.2, 0) is 0 Å². The van der Waals surface area contributed by atoms with Crippen molar-refractivity contribution in [1.29, 1.82) is 0 Å². The van der Waals surface area contributed by atoms with Crippen molar-refractivity contribution in [3.05, 3.63) is 17.3 Å². The minimum atomic E-state index is 0.661. The number of hydrogen-bond acceptors (Lipinski definition) is 4. The lowest BCUT2D eigenvalue weighted by Gasteiger charge is -2.36. The predicted octanol–water partition coefficient (Wildman–Crippen LogP) is 1.52. The van der Waals surface area contributed by atoms with Gasteiger partial charge in [-0.3, -0.25) is 0 Å². The van der Waals surface area contributed by atoms with E-state index in [1.54, 1.807) is 0 Å². The second kappa shape index (κ2) is 2.92. The Morgan fingerprint density at radius 2 is 1.86 bits per heavy atom. The molecule has 3 aliphatic rings. The molecule has 0 radical (unpaired) electrons. The molecule has 0 unspecified atom stereocenters. The lowest BCUT2D eigenvalue weighted by Crippen LogP contribution is -2.24. The minimum Gasteiger partial charge on any atom is -0.307 e. The Balaban J connectivity index is 2.11. The van der Waals surface area contributed by atoms with Gasteiger partial charge in [0.25, 0.3) is 0 Å². The van der Waals surface area contributed by atoms with Gasteiger partial charge in [-0.2, -0.15) is 5.10 Å². The maximum Gasteiger partial charge on any atom is 0.162 e. The molecule has 1 heterocycles. The molecule has 1 saturated carbocycles.